The summed E-state index contributed by atoms with van der Waals surface area (Å²) in [4.78, 5) is 22.6. The lowest BCUT2D eigenvalue weighted by Gasteiger charge is -2.58. The van der Waals surface area contributed by atoms with Crippen molar-refractivity contribution in [1.29, 1.82) is 0 Å². The molecule has 4 atom stereocenters. The number of rotatable bonds is 7. The van der Waals surface area contributed by atoms with E-state index in [-0.39, 0.29) is 13.0 Å². The third-order valence-corrected chi connectivity index (χ3v) is 7.84. The Morgan fingerprint density at radius 3 is 2.64 bits per heavy atom. The van der Waals surface area contributed by atoms with Crippen molar-refractivity contribution in [2.45, 2.75) is 79.6 Å². The summed E-state index contributed by atoms with van der Waals surface area (Å²) in [6.07, 6.45) is 11.4. The Labute approximate surface area is 170 Å². The van der Waals surface area contributed by atoms with Gasteiger partial charge in [-0.2, -0.15) is 0 Å². The lowest BCUT2D eigenvalue weighted by atomic mass is 9.47. The standard InChI is InChI=1S/C24H38O4/c1-17(12-15-28-22(26)16-21(25)27-6)10-13-23(4)19(3)11-14-24(5)18(2)8-7-9-20(23)24/h8,12,19-20H,7,9-11,13-16H2,1-6H3/b17-12+/t19-,20+,23+,24+/m1/s1. The number of carbonyl (C=O) groups is 2. The predicted molar refractivity (Wildman–Crippen MR) is 112 cm³/mol. The van der Waals surface area contributed by atoms with Gasteiger partial charge in [0, 0.05) is 0 Å². The molecule has 0 spiro atoms. The maximum absolute atomic E-state index is 11.6. The molecule has 2 aliphatic carbocycles. The first-order chi connectivity index (χ1) is 13.1. The Bertz CT molecular complexity index is 647. The maximum Gasteiger partial charge on any atom is 0.317 e. The highest BCUT2D eigenvalue weighted by Gasteiger charge is 2.52. The smallest absolute Gasteiger partial charge is 0.317 e. The average Bonchev–Trinajstić information content (AvgIpc) is 2.65. The molecule has 2 rings (SSSR count). The van der Waals surface area contributed by atoms with E-state index in [1.54, 1.807) is 5.57 Å². The monoisotopic (exact) mass is 390 g/mol. The minimum Gasteiger partial charge on any atom is -0.469 e. The predicted octanol–water partition coefficient (Wildman–Crippen LogP) is 5.62. The topological polar surface area (TPSA) is 52.6 Å². The van der Waals surface area contributed by atoms with Crippen LogP contribution >= 0.6 is 0 Å². The molecule has 0 bridgehead atoms. The molecule has 0 radical (unpaired) electrons. The van der Waals surface area contributed by atoms with E-state index in [0.29, 0.717) is 10.8 Å². The van der Waals surface area contributed by atoms with E-state index in [4.69, 9.17) is 4.74 Å². The first-order valence-electron chi connectivity index (χ1n) is 10.7. The molecule has 0 aliphatic heterocycles. The van der Waals surface area contributed by atoms with Crippen molar-refractivity contribution in [3.8, 4) is 0 Å². The fourth-order valence-electron chi connectivity index (χ4n) is 5.42. The van der Waals surface area contributed by atoms with Crippen LogP contribution in [0.25, 0.3) is 0 Å². The molecule has 0 aromatic rings. The van der Waals surface area contributed by atoms with Gasteiger partial charge in [-0.05, 0) is 81.1 Å². The van der Waals surface area contributed by atoms with Crippen LogP contribution in [0.15, 0.2) is 23.3 Å². The summed E-state index contributed by atoms with van der Waals surface area (Å²) in [7, 11) is 1.26. The van der Waals surface area contributed by atoms with Crippen molar-refractivity contribution in [3.05, 3.63) is 23.3 Å². The Kier molecular flexibility index (Phi) is 7.52. The minimum absolute atomic E-state index is 0.219. The van der Waals surface area contributed by atoms with Crippen LogP contribution in [-0.4, -0.2) is 25.7 Å². The first-order valence-corrected chi connectivity index (χ1v) is 10.7. The Morgan fingerprint density at radius 2 is 1.96 bits per heavy atom. The van der Waals surface area contributed by atoms with Gasteiger partial charge in [0.25, 0.3) is 0 Å². The number of methoxy groups -OCH3 is 1. The van der Waals surface area contributed by atoms with Gasteiger partial charge in [-0.3, -0.25) is 9.59 Å². The Hall–Kier alpha value is -1.58. The molecular formula is C24H38O4. The minimum atomic E-state index is -0.565. The van der Waals surface area contributed by atoms with Crippen LogP contribution in [0.1, 0.15) is 79.6 Å². The van der Waals surface area contributed by atoms with E-state index >= 15 is 0 Å². The molecule has 0 saturated heterocycles. The van der Waals surface area contributed by atoms with E-state index in [0.717, 1.165) is 18.3 Å². The second-order valence-corrected chi connectivity index (χ2v) is 9.37. The maximum atomic E-state index is 11.6. The molecule has 0 aromatic carbocycles. The van der Waals surface area contributed by atoms with Crippen molar-refractivity contribution >= 4 is 11.9 Å². The summed E-state index contributed by atoms with van der Waals surface area (Å²) < 4.78 is 9.59. The van der Waals surface area contributed by atoms with Gasteiger partial charge in [0.2, 0.25) is 0 Å². The highest BCUT2D eigenvalue weighted by atomic mass is 16.5. The van der Waals surface area contributed by atoms with Crippen LogP contribution in [0.3, 0.4) is 0 Å². The lowest BCUT2D eigenvalue weighted by molar-refractivity contribution is -0.152. The summed E-state index contributed by atoms with van der Waals surface area (Å²) >= 11 is 0. The molecule has 4 heteroatoms. The molecule has 0 heterocycles. The van der Waals surface area contributed by atoms with Crippen molar-refractivity contribution in [3.63, 3.8) is 0 Å². The summed E-state index contributed by atoms with van der Waals surface area (Å²) in [5.41, 5.74) is 3.51. The normalized spacial score (nSPS) is 32.9. The molecule has 0 aromatic heterocycles. The van der Waals surface area contributed by atoms with Gasteiger partial charge < -0.3 is 9.47 Å². The van der Waals surface area contributed by atoms with Crippen LogP contribution < -0.4 is 0 Å². The van der Waals surface area contributed by atoms with Gasteiger partial charge in [0.1, 0.15) is 13.0 Å². The van der Waals surface area contributed by atoms with Gasteiger partial charge in [0.05, 0.1) is 7.11 Å². The molecule has 0 amide bonds. The molecule has 0 N–H and O–H groups in total. The second-order valence-electron chi connectivity index (χ2n) is 9.37. The van der Waals surface area contributed by atoms with Crippen LogP contribution in [0, 0.1) is 22.7 Å². The molecule has 1 saturated carbocycles. The summed E-state index contributed by atoms with van der Waals surface area (Å²) in [6.45, 7) is 12.1. The molecule has 28 heavy (non-hydrogen) atoms. The van der Waals surface area contributed by atoms with E-state index in [1.807, 2.05) is 6.08 Å². The van der Waals surface area contributed by atoms with Gasteiger partial charge in [-0.1, -0.05) is 38.0 Å². The van der Waals surface area contributed by atoms with E-state index < -0.39 is 11.9 Å². The molecular weight excluding hydrogens is 352 g/mol. The molecule has 0 unspecified atom stereocenters. The van der Waals surface area contributed by atoms with Crippen molar-refractivity contribution in [2.24, 2.45) is 22.7 Å². The van der Waals surface area contributed by atoms with Crippen LogP contribution in [0.5, 0.6) is 0 Å². The summed E-state index contributed by atoms with van der Waals surface area (Å²) in [6, 6.07) is 0. The summed E-state index contributed by atoms with van der Waals surface area (Å²) in [5, 5.41) is 0. The number of ether oxygens (including phenoxy) is 2. The largest absolute Gasteiger partial charge is 0.469 e. The molecule has 4 nitrogen and oxygen atoms in total. The van der Waals surface area contributed by atoms with Gasteiger partial charge >= 0.3 is 11.9 Å². The van der Waals surface area contributed by atoms with Crippen LogP contribution in [0.4, 0.5) is 0 Å². The fraction of sp³-hybridized carbons (Fsp3) is 0.750. The molecule has 2 aliphatic rings. The number of fused-ring (bicyclic) bond motifs is 1. The highest BCUT2D eigenvalue weighted by molar-refractivity contribution is 5.91. The second kappa shape index (κ2) is 9.28. The van der Waals surface area contributed by atoms with E-state index in [1.165, 1.54) is 44.8 Å². The summed E-state index contributed by atoms with van der Waals surface area (Å²) in [5.74, 6) is 0.357. The molecule has 1 fully saturated rings. The van der Waals surface area contributed by atoms with Crippen molar-refractivity contribution in [2.75, 3.05) is 13.7 Å². The number of hydrogen-bond acceptors (Lipinski definition) is 4. The highest BCUT2D eigenvalue weighted by Crippen LogP contribution is 2.61. The van der Waals surface area contributed by atoms with E-state index in [9.17, 15) is 9.59 Å². The third kappa shape index (κ3) is 4.87. The van der Waals surface area contributed by atoms with Crippen LogP contribution in [-0.2, 0) is 19.1 Å². The quantitative estimate of drug-likeness (QED) is 0.322. The lowest BCUT2D eigenvalue weighted by Crippen LogP contribution is -2.49. The first kappa shape index (κ1) is 22.7. The zero-order chi connectivity index (χ0) is 20.9. The zero-order valence-electron chi connectivity index (χ0n) is 18.6. The third-order valence-electron chi connectivity index (χ3n) is 7.84. The van der Waals surface area contributed by atoms with Gasteiger partial charge in [-0.25, -0.2) is 0 Å². The number of hydrogen-bond donors (Lipinski definition) is 0. The molecule has 158 valence electrons. The number of allylic oxidation sites excluding steroid dienone is 3. The average molecular weight is 391 g/mol. The number of carbonyl (C=O) groups excluding carboxylic acids is 2. The number of esters is 2. The van der Waals surface area contributed by atoms with Crippen molar-refractivity contribution < 1.29 is 19.1 Å². The zero-order valence-corrected chi connectivity index (χ0v) is 18.6. The van der Waals surface area contributed by atoms with Gasteiger partial charge in [0.15, 0.2) is 0 Å². The Morgan fingerprint density at radius 1 is 1.25 bits per heavy atom. The SMILES string of the molecule is COC(=O)CC(=O)OC/C=C(\C)CC[C@@]1(C)[C@H](C)CC[C@@]2(C)C(C)=CCC[C@@H]12. The van der Waals surface area contributed by atoms with Crippen LogP contribution in [0.2, 0.25) is 0 Å². The van der Waals surface area contributed by atoms with E-state index in [2.05, 4.69) is 45.4 Å². The van der Waals surface area contributed by atoms with Gasteiger partial charge in [-0.15, -0.1) is 0 Å². The fourth-order valence-corrected chi connectivity index (χ4v) is 5.42. The van der Waals surface area contributed by atoms with Crippen molar-refractivity contribution in [1.82, 2.24) is 0 Å². The Balaban J connectivity index is 1.95.